The van der Waals surface area contributed by atoms with Crippen LogP contribution in [-0.2, 0) is 0 Å². The molecule has 0 aliphatic carbocycles. The summed E-state index contributed by atoms with van der Waals surface area (Å²) in [7, 11) is 0. The largest absolute Gasteiger partial charge is 0.399 e. The summed E-state index contributed by atoms with van der Waals surface area (Å²) in [6.07, 6.45) is 0. The van der Waals surface area contributed by atoms with Gasteiger partial charge in [-0.05, 0) is 47.9 Å². The van der Waals surface area contributed by atoms with Crippen LogP contribution >= 0.6 is 38.9 Å². The van der Waals surface area contributed by atoms with E-state index in [9.17, 15) is 4.79 Å². The van der Waals surface area contributed by atoms with Crippen molar-refractivity contribution < 1.29 is 4.79 Å². The highest BCUT2D eigenvalue weighted by molar-refractivity contribution is 9.10. The van der Waals surface area contributed by atoms with Crippen LogP contribution in [0.4, 0.5) is 11.4 Å². The van der Waals surface area contributed by atoms with E-state index in [2.05, 4.69) is 21.2 Å². The van der Waals surface area contributed by atoms with Crippen molar-refractivity contribution in [1.29, 1.82) is 0 Å². The second-order valence-electron chi connectivity index (χ2n) is 4.49. The van der Waals surface area contributed by atoms with Crippen molar-refractivity contribution in [1.82, 2.24) is 0 Å². The molecule has 0 aliphatic rings. The number of fused-ring (bicyclic) bond motifs is 1. The van der Waals surface area contributed by atoms with E-state index in [1.165, 1.54) is 11.3 Å². The molecule has 3 N–H and O–H groups in total. The molecule has 3 rings (SSSR count). The van der Waals surface area contributed by atoms with Crippen molar-refractivity contribution >= 4 is 66.2 Å². The number of thiophene rings is 1. The fraction of sp³-hybridized carbons (Fsp3) is 0. The lowest BCUT2D eigenvalue weighted by Gasteiger charge is -2.06. The van der Waals surface area contributed by atoms with Crippen LogP contribution in [0, 0.1) is 0 Å². The van der Waals surface area contributed by atoms with E-state index >= 15 is 0 Å². The van der Waals surface area contributed by atoms with Crippen molar-refractivity contribution in [3.8, 4) is 0 Å². The average molecular weight is 382 g/mol. The molecule has 21 heavy (non-hydrogen) atoms. The quantitative estimate of drug-likeness (QED) is 0.603. The number of hydrogen-bond donors (Lipinski definition) is 2. The van der Waals surface area contributed by atoms with Gasteiger partial charge in [-0.2, -0.15) is 0 Å². The highest BCUT2D eigenvalue weighted by Gasteiger charge is 2.12. The zero-order valence-electron chi connectivity index (χ0n) is 10.7. The second-order valence-corrected chi connectivity index (χ2v) is 6.89. The molecule has 106 valence electrons. The van der Waals surface area contributed by atoms with Crippen LogP contribution in [0.2, 0.25) is 5.02 Å². The number of anilines is 2. The van der Waals surface area contributed by atoms with Gasteiger partial charge in [0.15, 0.2) is 0 Å². The molecular formula is C15H10BrClN2OS. The molecule has 1 aromatic heterocycles. The van der Waals surface area contributed by atoms with Crippen LogP contribution in [0.5, 0.6) is 0 Å². The van der Waals surface area contributed by atoms with Gasteiger partial charge in [0.2, 0.25) is 0 Å². The Morgan fingerprint density at radius 3 is 2.76 bits per heavy atom. The molecule has 0 spiro atoms. The lowest BCUT2D eigenvalue weighted by atomic mass is 10.2. The fourth-order valence-electron chi connectivity index (χ4n) is 1.95. The summed E-state index contributed by atoms with van der Waals surface area (Å²) in [6, 6.07) is 12.8. The molecule has 0 saturated carbocycles. The summed E-state index contributed by atoms with van der Waals surface area (Å²) in [5.74, 6) is -0.181. The number of benzene rings is 2. The Labute approximate surface area is 138 Å². The Kier molecular flexibility index (Phi) is 3.89. The number of hydrogen-bond acceptors (Lipinski definition) is 3. The number of rotatable bonds is 2. The molecule has 1 heterocycles. The zero-order chi connectivity index (χ0) is 15.0. The van der Waals surface area contributed by atoms with Crippen molar-refractivity contribution in [3.63, 3.8) is 0 Å². The van der Waals surface area contributed by atoms with E-state index < -0.39 is 0 Å². The van der Waals surface area contributed by atoms with Crippen LogP contribution in [0.1, 0.15) is 9.67 Å². The third-order valence-corrected chi connectivity index (χ3v) is 4.86. The molecule has 0 fully saturated rings. The Morgan fingerprint density at radius 1 is 1.19 bits per heavy atom. The van der Waals surface area contributed by atoms with Crippen molar-refractivity contribution in [2.45, 2.75) is 0 Å². The molecule has 1 amide bonds. The van der Waals surface area contributed by atoms with Gasteiger partial charge in [-0.3, -0.25) is 4.79 Å². The first kappa shape index (κ1) is 14.4. The average Bonchev–Trinajstić information content (AvgIpc) is 2.85. The minimum atomic E-state index is -0.181. The Bertz CT molecular complexity index is 847. The SMILES string of the molecule is Nc1ccc2sc(C(=O)Nc3ccc(Br)cc3Cl)cc2c1. The number of nitrogens with one attached hydrogen (secondary N) is 1. The van der Waals surface area contributed by atoms with Crippen LogP contribution in [0.3, 0.4) is 0 Å². The van der Waals surface area contributed by atoms with Crippen molar-refractivity contribution in [3.05, 3.63) is 56.8 Å². The summed E-state index contributed by atoms with van der Waals surface area (Å²) in [6.45, 7) is 0. The van der Waals surface area contributed by atoms with Crippen LogP contribution in [-0.4, -0.2) is 5.91 Å². The predicted octanol–water partition coefficient (Wildman–Crippen LogP) is 5.15. The van der Waals surface area contributed by atoms with Gasteiger partial charge in [-0.25, -0.2) is 0 Å². The Morgan fingerprint density at radius 2 is 2.00 bits per heavy atom. The first-order valence-corrected chi connectivity index (χ1v) is 8.07. The Hall–Kier alpha value is -1.56. The second kappa shape index (κ2) is 5.67. The fourth-order valence-corrected chi connectivity index (χ4v) is 3.61. The van der Waals surface area contributed by atoms with Gasteiger partial charge in [0.25, 0.3) is 5.91 Å². The van der Waals surface area contributed by atoms with Crippen molar-refractivity contribution in [2.75, 3.05) is 11.1 Å². The number of nitrogen functional groups attached to an aromatic ring is 1. The molecule has 3 aromatic rings. The van der Waals surface area contributed by atoms with E-state index in [1.54, 1.807) is 12.1 Å². The number of carbonyl (C=O) groups is 1. The first-order valence-electron chi connectivity index (χ1n) is 6.08. The monoisotopic (exact) mass is 380 g/mol. The van der Waals surface area contributed by atoms with E-state index in [-0.39, 0.29) is 5.91 Å². The topological polar surface area (TPSA) is 55.1 Å². The lowest BCUT2D eigenvalue weighted by Crippen LogP contribution is -2.10. The maximum Gasteiger partial charge on any atom is 0.265 e. The smallest absolute Gasteiger partial charge is 0.265 e. The molecule has 0 atom stereocenters. The van der Waals surface area contributed by atoms with Gasteiger partial charge in [0.1, 0.15) is 0 Å². The molecule has 0 aliphatic heterocycles. The zero-order valence-corrected chi connectivity index (χ0v) is 13.8. The number of nitrogens with two attached hydrogens (primary N) is 1. The minimum Gasteiger partial charge on any atom is -0.399 e. The highest BCUT2D eigenvalue weighted by Crippen LogP contribution is 2.30. The molecule has 2 aromatic carbocycles. The van der Waals surface area contributed by atoms with E-state index in [0.717, 1.165) is 14.6 Å². The molecule has 0 saturated heterocycles. The van der Waals surface area contributed by atoms with Gasteiger partial charge in [-0.1, -0.05) is 27.5 Å². The maximum absolute atomic E-state index is 12.3. The van der Waals surface area contributed by atoms with Gasteiger partial charge in [0, 0.05) is 14.9 Å². The van der Waals surface area contributed by atoms with Gasteiger partial charge in [-0.15, -0.1) is 11.3 Å². The van der Waals surface area contributed by atoms with Crippen molar-refractivity contribution in [2.24, 2.45) is 0 Å². The molecule has 0 radical (unpaired) electrons. The summed E-state index contributed by atoms with van der Waals surface area (Å²) in [5, 5.41) is 4.27. The molecule has 3 nitrogen and oxygen atoms in total. The third-order valence-electron chi connectivity index (χ3n) is 2.94. The first-order chi connectivity index (χ1) is 10.0. The summed E-state index contributed by atoms with van der Waals surface area (Å²) in [4.78, 5) is 12.9. The molecule has 0 bridgehead atoms. The maximum atomic E-state index is 12.3. The summed E-state index contributed by atoms with van der Waals surface area (Å²) >= 11 is 10.9. The van der Waals surface area contributed by atoms with Crippen LogP contribution < -0.4 is 11.1 Å². The van der Waals surface area contributed by atoms with Gasteiger partial charge in [0.05, 0.1) is 15.6 Å². The summed E-state index contributed by atoms with van der Waals surface area (Å²) < 4.78 is 1.89. The number of amides is 1. The third kappa shape index (κ3) is 3.05. The van der Waals surface area contributed by atoms with Crippen LogP contribution in [0.25, 0.3) is 10.1 Å². The molecular weight excluding hydrogens is 372 g/mol. The van der Waals surface area contributed by atoms with Crippen LogP contribution in [0.15, 0.2) is 46.9 Å². The van der Waals surface area contributed by atoms with Gasteiger partial charge >= 0.3 is 0 Å². The lowest BCUT2D eigenvalue weighted by molar-refractivity contribution is 0.103. The number of carbonyl (C=O) groups excluding carboxylic acids is 1. The normalized spacial score (nSPS) is 10.8. The number of halogens is 2. The standard InChI is InChI=1S/C15H10BrClN2OS/c16-9-1-3-12(11(17)7-9)19-15(20)14-6-8-5-10(18)2-4-13(8)21-14/h1-7H,18H2,(H,19,20). The molecule has 6 heteroatoms. The molecule has 0 unspecified atom stereocenters. The summed E-state index contributed by atoms with van der Waals surface area (Å²) in [5.41, 5.74) is 7.02. The van der Waals surface area contributed by atoms with E-state index in [0.29, 0.717) is 21.3 Å². The van der Waals surface area contributed by atoms with Gasteiger partial charge < -0.3 is 11.1 Å². The highest BCUT2D eigenvalue weighted by atomic mass is 79.9. The predicted molar refractivity (Wildman–Crippen MR) is 93.3 cm³/mol. The Balaban J connectivity index is 1.89. The van der Waals surface area contributed by atoms with E-state index in [4.69, 9.17) is 17.3 Å². The minimum absolute atomic E-state index is 0.181. The van der Waals surface area contributed by atoms with E-state index in [1.807, 2.05) is 30.3 Å².